The summed E-state index contributed by atoms with van der Waals surface area (Å²) in [6, 6.07) is 9.86. The lowest BCUT2D eigenvalue weighted by molar-refractivity contribution is 0.112. The van der Waals surface area contributed by atoms with Gasteiger partial charge in [-0.3, -0.25) is 4.79 Å². The molecule has 2 aromatic rings. The molecule has 0 atom stereocenters. The number of aryl methyl sites for hydroxylation is 1. The number of nitrogens with zero attached hydrogens (tertiary/aromatic N) is 3. The maximum Gasteiger partial charge on any atom is 0.155 e. The summed E-state index contributed by atoms with van der Waals surface area (Å²) in [7, 11) is 0. The van der Waals surface area contributed by atoms with Crippen LogP contribution in [0.3, 0.4) is 0 Å². The van der Waals surface area contributed by atoms with Crippen LogP contribution in [0.5, 0.6) is 0 Å². The predicted octanol–water partition coefficient (Wildman–Crippen LogP) is 3.40. The molecule has 0 amide bonds. The third-order valence-corrected chi connectivity index (χ3v) is 3.34. The molecule has 1 aromatic heterocycles. The minimum absolute atomic E-state index is 0.641. The van der Waals surface area contributed by atoms with Gasteiger partial charge in [0.25, 0.3) is 0 Å². The van der Waals surface area contributed by atoms with Crippen molar-refractivity contribution in [2.24, 2.45) is 0 Å². The van der Waals surface area contributed by atoms with E-state index in [1.165, 1.54) is 0 Å². The molecule has 0 unspecified atom stereocenters. The van der Waals surface area contributed by atoms with Gasteiger partial charge in [0.1, 0.15) is 5.82 Å². The average molecular weight is 283 g/mol. The standard InChI is InChI=1S/C17H21N3O/c1-5-19(11-13(2)3)17-16(12-21)14(4)18-20(17)15-9-7-6-8-10-15/h6-10,12H,2,5,11H2,1,3-4H3. The quantitative estimate of drug-likeness (QED) is 0.602. The van der Waals surface area contributed by atoms with E-state index in [2.05, 4.69) is 23.5 Å². The van der Waals surface area contributed by atoms with E-state index in [9.17, 15) is 4.79 Å². The molecule has 0 fully saturated rings. The first-order valence-corrected chi connectivity index (χ1v) is 7.08. The number of aldehydes is 1. The van der Waals surface area contributed by atoms with Crippen LogP contribution in [0.4, 0.5) is 5.82 Å². The van der Waals surface area contributed by atoms with Gasteiger partial charge in [-0.05, 0) is 32.9 Å². The third kappa shape index (κ3) is 3.05. The van der Waals surface area contributed by atoms with Crippen LogP contribution in [0, 0.1) is 6.92 Å². The van der Waals surface area contributed by atoms with Gasteiger partial charge in [-0.15, -0.1) is 0 Å². The van der Waals surface area contributed by atoms with Gasteiger partial charge in [-0.2, -0.15) is 5.10 Å². The Hall–Kier alpha value is -2.36. The summed E-state index contributed by atoms with van der Waals surface area (Å²) in [5, 5.41) is 4.54. The van der Waals surface area contributed by atoms with Crippen LogP contribution in [-0.4, -0.2) is 29.2 Å². The molecule has 0 saturated carbocycles. The smallest absolute Gasteiger partial charge is 0.155 e. The fourth-order valence-corrected chi connectivity index (χ4v) is 2.38. The van der Waals surface area contributed by atoms with Crippen LogP contribution in [0.15, 0.2) is 42.5 Å². The number of anilines is 1. The SMILES string of the molecule is C=C(C)CN(CC)c1c(C=O)c(C)nn1-c1ccccc1. The van der Waals surface area contributed by atoms with Crippen LogP contribution in [-0.2, 0) is 0 Å². The summed E-state index contributed by atoms with van der Waals surface area (Å²) < 4.78 is 1.84. The molecule has 0 aliphatic carbocycles. The molecule has 0 aliphatic rings. The zero-order valence-electron chi connectivity index (χ0n) is 12.8. The van der Waals surface area contributed by atoms with E-state index in [-0.39, 0.29) is 0 Å². The number of hydrogen-bond donors (Lipinski definition) is 0. The number of carbonyl (C=O) groups is 1. The van der Waals surface area contributed by atoms with Gasteiger partial charge < -0.3 is 4.90 Å². The van der Waals surface area contributed by atoms with E-state index in [0.717, 1.165) is 35.6 Å². The Morgan fingerprint density at radius 1 is 1.38 bits per heavy atom. The summed E-state index contributed by atoms with van der Waals surface area (Å²) in [6.07, 6.45) is 0.887. The minimum atomic E-state index is 0.641. The van der Waals surface area contributed by atoms with Crippen LogP contribution in [0.25, 0.3) is 5.69 Å². The zero-order valence-corrected chi connectivity index (χ0v) is 12.8. The molecule has 0 saturated heterocycles. The maximum atomic E-state index is 11.5. The molecular weight excluding hydrogens is 262 g/mol. The maximum absolute atomic E-state index is 11.5. The summed E-state index contributed by atoms with van der Waals surface area (Å²) in [5.74, 6) is 0.833. The fourth-order valence-electron chi connectivity index (χ4n) is 2.38. The molecule has 0 bridgehead atoms. The van der Waals surface area contributed by atoms with E-state index in [4.69, 9.17) is 0 Å². The number of para-hydroxylation sites is 1. The van der Waals surface area contributed by atoms with Crippen molar-refractivity contribution in [3.05, 3.63) is 53.7 Å². The van der Waals surface area contributed by atoms with Crippen molar-refractivity contribution in [3.8, 4) is 5.69 Å². The average Bonchev–Trinajstić information content (AvgIpc) is 2.82. The van der Waals surface area contributed by atoms with Gasteiger partial charge in [0, 0.05) is 13.1 Å². The summed E-state index contributed by atoms with van der Waals surface area (Å²) in [6.45, 7) is 11.4. The largest absolute Gasteiger partial charge is 0.352 e. The Balaban J connectivity index is 2.61. The molecule has 2 rings (SSSR count). The Kier molecular flexibility index (Phi) is 4.58. The first-order chi connectivity index (χ1) is 10.1. The molecule has 0 aliphatic heterocycles. The topological polar surface area (TPSA) is 38.1 Å². The fraction of sp³-hybridized carbons (Fsp3) is 0.294. The molecule has 4 nitrogen and oxygen atoms in total. The Bertz CT molecular complexity index is 644. The van der Waals surface area contributed by atoms with Crippen molar-refractivity contribution < 1.29 is 4.79 Å². The summed E-state index contributed by atoms with van der Waals surface area (Å²) >= 11 is 0. The van der Waals surface area contributed by atoms with Crippen LogP contribution < -0.4 is 4.90 Å². The predicted molar refractivity (Wildman–Crippen MR) is 86.4 cm³/mol. The lowest BCUT2D eigenvalue weighted by Gasteiger charge is -2.24. The van der Waals surface area contributed by atoms with Crippen molar-refractivity contribution in [2.45, 2.75) is 20.8 Å². The van der Waals surface area contributed by atoms with Crippen molar-refractivity contribution >= 4 is 12.1 Å². The highest BCUT2D eigenvalue weighted by Gasteiger charge is 2.20. The van der Waals surface area contributed by atoms with Gasteiger partial charge in [-0.25, -0.2) is 4.68 Å². The van der Waals surface area contributed by atoms with Gasteiger partial charge in [-0.1, -0.05) is 30.4 Å². The summed E-state index contributed by atoms with van der Waals surface area (Å²) in [5.41, 5.74) is 3.38. The van der Waals surface area contributed by atoms with E-state index in [1.54, 1.807) is 0 Å². The molecule has 4 heteroatoms. The normalized spacial score (nSPS) is 10.4. The molecule has 1 heterocycles. The number of carbonyl (C=O) groups excluding carboxylic acids is 1. The number of rotatable bonds is 6. The van der Waals surface area contributed by atoms with Gasteiger partial charge in [0.05, 0.1) is 16.9 Å². The highest BCUT2D eigenvalue weighted by atomic mass is 16.1. The Morgan fingerprint density at radius 3 is 2.57 bits per heavy atom. The number of likely N-dealkylation sites (N-methyl/N-ethyl adjacent to an activating group) is 1. The van der Waals surface area contributed by atoms with Crippen molar-refractivity contribution in [1.29, 1.82) is 0 Å². The van der Waals surface area contributed by atoms with E-state index in [1.807, 2.05) is 48.9 Å². The van der Waals surface area contributed by atoms with Crippen LogP contribution in [0.2, 0.25) is 0 Å². The van der Waals surface area contributed by atoms with Crippen LogP contribution in [0.1, 0.15) is 29.9 Å². The molecule has 1 aromatic carbocycles. The highest BCUT2D eigenvalue weighted by Crippen LogP contribution is 2.26. The third-order valence-electron chi connectivity index (χ3n) is 3.34. The number of aromatic nitrogens is 2. The summed E-state index contributed by atoms with van der Waals surface area (Å²) in [4.78, 5) is 13.6. The van der Waals surface area contributed by atoms with Crippen LogP contribution >= 0.6 is 0 Å². The second-order valence-electron chi connectivity index (χ2n) is 5.16. The zero-order chi connectivity index (χ0) is 15.4. The number of hydrogen-bond acceptors (Lipinski definition) is 3. The van der Waals surface area contributed by atoms with E-state index < -0.39 is 0 Å². The second kappa shape index (κ2) is 6.39. The monoisotopic (exact) mass is 283 g/mol. The van der Waals surface area contributed by atoms with Gasteiger partial charge in [0.15, 0.2) is 6.29 Å². The van der Waals surface area contributed by atoms with Crippen molar-refractivity contribution in [2.75, 3.05) is 18.0 Å². The molecular formula is C17H21N3O. The van der Waals surface area contributed by atoms with E-state index >= 15 is 0 Å². The minimum Gasteiger partial charge on any atom is -0.352 e. The number of benzene rings is 1. The Labute approximate surface area is 125 Å². The second-order valence-corrected chi connectivity index (χ2v) is 5.16. The van der Waals surface area contributed by atoms with E-state index in [0.29, 0.717) is 12.1 Å². The Morgan fingerprint density at radius 2 is 2.05 bits per heavy atom. The first kappa shape index (κ1) is 15.0. The molecule has 0 radical (unpaired) electrons. The molecule has 0 N–H and O–H groups in total. The first-order valence-electron chi connectivity index (χ1n) is 7.08. The molecule has 21 heavy (non-hydrogen) atoms. The van der Waals surface area contributed by atoms with Gasteiger partial charge >= 0.3 is 0 Å². The van der Waals surface area contributed by atoms with Gasteiger partial charge in [0.2, 0.25) is 0 Å². The molecule has 0 spiro atoms. The van der Waals surface area contributed by atoms with Crippen molar-refractivity contribution in [1.82, 2.24) is 9.78 Å². The molecule has 110 valence electrons. The lowest BCUT2D eigenvalue weighted by atomic mass is 10.2. The highest BCUT2D eigenvalue weighted by molar-refractivity contribution is 5.85. The van der Waals surface area contributed by atoms with Crippen molar-refractivity contribution in [3.63, 3.8) is 0 Å². The lowest BCUT2D eigenvalue weighted by Crippen LogP contribution is -2.27.